The van der Waals surface area contributed by atoms with Gasteiger partial charge in [-0.25, -0.2) is 14.4 Å². The fourth-order valence-electron chi connectivity index (χ4n) is 4.57. The third kappa shape index (κ3) is 4.17. The van der Waals surface area contributed by atoms with E-state index in [0.29, 0.717) is 25.6 Å². The Balaban J connectivity index is 1.45. The smallest absolute Gasteiger partial charge is 0.231 e. The molecule has 2 atom stereocenters. The van der Waals surface area contributed by atoms with Crippen molar-refractivity contribution in [1.29, 1.82) is 0 Å². The summed E-state index contributed by atoms with van der Waals surface area (Å²) >= 11 is 0. The fourth-order valence-corrected chi connectivity index (χ4v) is 4.57. The Labute approximate surface area is 177 Å². The van der Waals surface area contributed by atoms with Crippen molar-refractivity contribution in [2.75, 3.05) is 44.2 Å². The van der Waals surface area contributed by atoms with Gasteiger partial charge in [-0.05, 0) is 43.0 Å². The van der Waals surface area contributed by atoms with Crippen molar-refractivity contribution in [2.45, 2.75) is 38.5 Å². The Hall–Kier alpha value is -2.54. The van der Waals surface area contributed by atoms with E-state index in [0.717, 1.165) is 43.9 Å². The van der Waals surface area contributed by atoms with E-state index in [9.17, 15) is 9.18 Å². The maximum absolute atomic E-state index is 13.4. The van der Waals surface area contributed by atoms with E-state index < -0.39 is 0 Å². The first-order valence-corrected chi connectivity index (χ1v) is 10.9. The van der Waals surface area contributed by atoms with Crippen LogP contribution in [-0.4, -0.2) is 60.0 Å². The van der Waals surface area contributed by atoms with Gasteiger partial charge in [-0.3, -0.25) is 4.79 Å². The lowest BCUT2D eigenvalue weighted by Gasteiger charge is -2.38. The molecule has 0 bridgehead atoms. The molecule has 2 aliphatic rings. The highest BCUT2D eigenvalue weighted by Crippen LogP contribution is 2.37. The van der Waals surface area contributed by atoms with Gasteiger partial charge in [0.25, 0.3) is 0 Å². The van der Waals surface area contributed by atoms with Crippen LogP contribution in [0.1, 0.15) is 48.9 Å². The number of aryl methyl sites for hydroxylation is 1. The molecule has 4 rings (SSSR count). The minimum absolute atomic E-state index is 0.100. The fraction of sp³-hybridized carbons (Fsp3) is 0.522. The largest absolute Gasteiger partial charge is 0.353 e. The number of piperazine rings is 1. The van der Waals surface area contributed by atoms with Gasteiger partial charge in [-0.15, -0.1) is 0 Å². The third-order valence-electron chi connectivity index (χ3n) is 6.31. The minimum Gasteiger partial charge on any atom is -0.353 e. The molecule has 160 valence electrons. The number of likely N-dealkylation sites (N-methyl/N-ethyl adjacent to an activating group) is 1. The monoisotopic (exact) mass is 411 g/mol. The molecule has 0 radical (unpaired) electrons. The second-order valence-corrected chi connectivity index (χ2v) is 8.22. The molecular weight excluding hydrogens is 381 g/mol. The van der Waals surface area contributed by atoms with Crippen LogP contribution in [0.25, 0.3) is 0 Å². The zero-order chi connectivity index (χ0) is 21.1. The van der Waals surface area contributed by atoms with Crippen LogP contribution in [0.15, 0.2) is 30.6 Å². The van der Waals surface area contributed by atoms with E-state index in [4.69, 9.17) is 0 Å². The van der Waals surface area contributed by atoms with Crippen LogP contribution in [-0.2, 0) is 11.2 Å². The number of hydrogen-bond acceptors (Lipinski definition) is 5. The van der Waals surface area contributed by atoms with E-state index in [1.807, 2.05) is 11.8 Å². The molecule has 1 aromatic heterocycles. The zero-order valence-corrected chi connectivity index (χ0v) is 17.8. The quantitative estimate of drug-likeness (QED) is 0.792. The van der Waals surface area contributed by atoms with Gasteiger partial charge < -0.3 is 15.1 Å². The third-order valence-corrected chi connectivity index (χ3v) is 6.31. The molecule has 0 spiro atoms. The Bertz CT molecular complexity index is 880. The number of nitrogens with zero attached hydrogens (tertiary/aromatic N) is 4. The lowest BCUT2D eigenvalue weighted by atomic mass is 9.96. The van der Waals surface area contributed by atoms with Crippen LogP contribution in [0.2, 0.25) is 0 Å². The molecule has 7 heteroatoms. The molecule has 30 heavy (non-hydrogen) atoms. The summed E-state index contributed by atoms with van der Waals surface area (Å²) in [5.41, 5.74) is 3.31. The van der Waals surface area contributed by atoms with Crippen LogP contribution in [0.5, 0.6) is 0 Å². The van der Waals surface area contributed by atoms with Gasteiger partial charge in [0.15, 0.2) is 0 Å². The van der Waals surface area contributed by atoms with E-state index in [-0.39, 0.29) is 17.6 Å². The standard InChI is InChI=1S/C23H30FN5O/c1-3-25-14-19(17-5-7-18(24)8-6-17)23(30)29-12-10-28(11-13-29)22-21-16(2)4-9-20(21)26-15-27-22/h5-8,15-16,19,25H,3-4,9-14H2,1-2H3. The van der Waals surface area contributed by atoms with Gasteiger partial charge in [0, 0.05) is 44.0 Å². The SMILES string of the molecule is CCNCC(C(=O)N1CCN(c2ncnc3c2C(C)CC3)CC1)c1ccc(F)cc1. The number of halogens is 1. The van der Waals surface area contributed by atoms with Gasteiger partial charge in [0.2, 0.25) is 5.91 Å². The van der Waals surface area contributed by atoms with Crippen molar-refractivity contribution < 1.29 is 9.18 Å². The van der Waals surface area contributed by atoms with Gasteiger partial charge in [-0.2, -0.15) is 0 Å². The number of anilines is 1. The van der Waals surface area contributed by atoms with Crippen molar-refractivity contribution in [1.82, 2.24) is 20.2 Å². The molecule has 1 aromatic carbocycles. The van der Waals surface area contributed by atoms with Crippen molar-refractivity contribution in [3.63, 3.8) is 0 Å². The first kappa shape index (κ1) is 20.7. The molecule has 1 amide bonds. The van der Waals surface area contributed by atoms with Gasteiger partial charge in [0.1, 0.15) is 18.0 Å². The summed E-state index contributed by atoms with van der Waals surface area (Å²) in [6, 6.07) is 6.29. The van der Waals surface area contributed by atoms with Crippen LogP contribution in [0, 0.1) is 5.82 Å². The molecule has 1 aliphatic carbocycles. The highest BCUT2D eigenvalue weighted by Gasteiger charge is 2.31. The maximum Gasteiger partial charge on any atom is 0.231 e. The summed E-state index contributed by atoms with van der Waals surface area (Å²) in [7, 11) is 0. The molecular formula is C23H30FN5O. The number of rotatable bonds is 6. The number of amides is 1. The van der Waals surface area contributed by atoms with Crippen LogP contribution < -0.4 is 10.2 Å². The highest BCUT2D eigenvalue weighted by atomic mass is 19.1. The van der Waals surface area contributed by atoms with E-state index >= 15 is 0 Å². The summed E-state index contributed by atoms with van der Waals surface area (Å²) in [6.07, 6.45) is 3.82. The Morgan fingerprint density at radius 2 is 1.93 bits per heavy atom. The number of nitrogens with one attached hydrogen (secondary N) is 1. The number of carbonyl (C=O) groups excluding carboxylic acids is 1. The van der Waals surface area contributed by atoms with E-state index in [1.165, 1.54) is 23.4 Å². The predicted molar refractivity (Wildman–Crippen MR) is 115 cm³/mol. The second-order valence-electron chi connectivity index (χ2n) is 8.22. The number of aromatic nitrogens is 2. The second kappa shape index (κ2) is 9.08. The van der Waals surface area contributed by atoms with Crippen molar-refractivity contribution in [3.05, 3.63) is 53.2 Å². The van der Waals surface area contributed by atoms with Crippen LogP contribution in [0.4, 0.5) is 10.2 Å². The summed E-state index contributed by atoms with van der Waals surface area (Å²) in [4.78, 5) is 26.6. The summed E-state index contributed by atoms with van der Waals surface area (Å²) in [6.45, 7) is 8.45. The molecule has 6 nitrogen and oxygen atoms in total. The number of carbonyl (C=O) groups is 1. The molecule has 1 N–H and O–H groups in total. The van der Waals surface area contributed by atoms with Crippen molar-refractivity contribution in [2.24, 2.45) is 0 Å². The number of benzene rings is 1. The highest BCUT2D eigenvalue weighted by molar-refractivity contribution is 5.84. The predicted octanol–water partition coefficient (Wildman–Crippen LogP) is 2.71. The molecule has 1 aliphatic heterocycles. The average molecular weight is 412 g/mol. The topological polar surface area (TPSA) is 61.4 Å². The van der Waals surface area contributed by atoms with E-state index in [2.05, 4.69) is 27.1 Å². The van der Waals surface area contributed by atoms with Crippen LogP contribution >= 0.6 is 0 Å². The molecule has 2 unspecified atom stereocenters. The zero-order valence-electron chi connectivity index (χ0n) is 17.8. The van der Waals surface area contributed by atoms with Gasteiger partial charge in [0.05, 0.1) is 5.92 Å². The Morgan fingerprint density at radius 3 is 2.63 bits per heavy atom. The Morgan fingerprint density at radius 1 is 1.20 bits per heavy atom. The molecule has 0 saturated carbocycles. The summed E-state index contributed by atoms with van der Waals surface area (Å²) in [5, 5.41) is 3.28. The number of hydrogen-bond donors (Lipinski definition) is 1. The van der Waals surface area contributed by atoms with Crippen molar-refractivity contribution in [3.8, 4) is 0 Å². The first-order valence-electron chi connectivity index (χ1n) is 10.9. The van der Waals surface area contributed by atoms with E-state index in [1.54, 1.807) is 18.5 Å². The maximum atomic E-state index is 13.4. The Kier molecular flexibility index (Phi) is 6.27. The molecule has 2 aromatic rings. The molecule has 1 fully saturated rings. The average Bonchev–Trinajstić information content (AvgIpc) is 3.16. The van der Waals surface area contributed by atoms with Gasteiger partial charge >= 0.3 is 0 Å². The summed E-state index contributed by atoms with van der Waals surface area (Å²) < 4.78 is 13.4. The first-order chi connectivity index (χ1) is 14.6. The van der Waals surface area contributed by atoms with Crippen molar-refractivity contribution >= 4 is 11.7 Å². The van der Waals surface area contributed by atoms with Crippen LogP contribution in [0.3, 0.4) is 0 Å². The normalized spacial score (nSPS) is 19.6. The lowest BCUT2D eigenvalue weighted by molar-refractivity contribution is -0.133. The van der Waals surface area contributed by atoms with Gasteiger partial charge in [-0.1, -0.05) is 26.0 Å². The summed E-state index contributed by atoms with van der Waals surface area (Å²) in [5.74, 6) is 1.04. The lowest BCUT2D eigenvalue weighted by Crippen LogP contribution is -2.51. The number of fused-ring (bicyclic) bond motifs is 1. The minimum atomic E-state index is -0.305. The molecule has 1 saturated heterocycles. The molecule has 2 heterocycles.